The first kappa shape index (κ1) is 13.4. The van der Waals surface area contributed by atoms with Crippen LogP contribution in [-0.4, -0.2) is 6.18 Å². The monoisotopic (exact) mass is 188 g/mol. The van der Waals surface area contributed by atoms with Crippen LogP contribution in [0.2, 0.25) is 0 Å². The Morgan fingerprint density at radius 1 is 1.09 bits per heavy atom. The van der Waals surface area contributed by atoms with Gasteiger partial charge in [-0.05, 0) is 13.8 Å². The second-order valence-electron chi connectivity index (χ2n) is 1.66. The Morgan fingerprint density at radius 3 is 1.36 bits per heavy atom. The highest BCUT2D eigenvalue weighted by atomic mass is 35.5. The van der Waals surface area contributed by atoms with Crippen LogP contribution in [0.25, 0.3) is 0 Å². The van der Waals surface area contributed by atoms with Crippen molar-refractivity contribution < 1.29 is 13.2 Å². The van der Waals surface area contributed by atoms with Crippen LogP contribution in [0, 0.1) is 0 Å². The summed E-state index contributed by atoms with van der Waals surface area (Å²) in [5.41, 5.74) is -0.732. The highest BCUT2D eigenvalue weighted by molar-refractivity contribution is 6.29. The molecule has 0 aromatic rings. The first-order valence-electron chi connectivity index (χ1n) is 3.26. The molecule has 68 valence electrons. The van der Waals surface area contributed by atoms with Gasteiger partial charge in [-0.2, -0.15) is 13.2 Å². The number of rotatable bonds is 0. The Bertz CT molecular complexity index is 131. The van der Waals surface area contributed by atoms with Gasteiger partial charge in [-0.3, -0.25) is 0 Å². The molecule has 0 aliphatic rings. The third kappa shape index (κ3) is 6.23. The lowest BCUT2D eigenvalue weighted by atomic mass is 10.3. The van der Waals surface area contributed by atoms with Crippen LogP contribution in [0.15, 0.2) is 10.6 Å². The van der Waals surface area contributed by atoms with Crippen molar-refractivity contribution in [2.45, 2.75) is 33.9 Å². The first-order valence-corrected chi connectivity index (χ1v) is 3.63. The zero-order valence-electron chi connectivity index (χ0n) is 7.01. The summed E-state index contributed by atoms with van der Waals surface area (Å²) in [5.74, 6) is 0. The molecular formula is C7H12ClF3. The predicted octanol–water partition coefficient (Wildman–Crippen LogP) is 4.11. The summed E-state index contributed by atoms with van der Waals surface area (Å²) in [4.78, 5) is 0. The minimum atomic E-state index is -4.27. The van der Waals surface area contributed by atoms with Crippen LogP contribution in [-0.2, 0) is 0 Å². The topological polar surface area (TPSA) is 0 Å². The molecule has 0 saturated heterocycles. The summed E-state index contributed by atoms with van der Waals surface area (Å²) >= 11 is 5.07. The summed E-state index contributed by atoms with van der Waals surface area (Å²) in [6, 6.07) is 0. The average molecular weight is 189 g/mol. The van der Waals surface area contributed by atoms with Gasteiger partial charge in [0.15, 0.2) is 0 Å². The van der Waals surface area contributed by atoms with Gasteiger partial charge in [0.2, 0.25) is 0 Å². The Balaban J connectivity index is 0. The maximum Gasteiger partial charge on any atom is 0.413 e. The Morgan fingerprint density at radius 2 is 1.36 bits per heavy atom. The van der Waals surface area contributed by atoms with Gasteiger partial charge in [0.05, 0.1) is 0 Å². The van der Waals surface area contributed by atoms with Gasteiger partial charge < -0.3 is 0 Å². The number of hydrogen-bond acceptors (Lipinski definition) is 0. The lowest BCUT2D eigenvalue weighted by Crippen LogP contribution is -2.09. The van der Waals surface area contributed by atoms with Gasteiger partial charge >= 0.3 is 6.18 Å². The molecule has 0 nitrogen and oxygen atoms in total. The molecule has 0 spiro atoms. The Hall–Kier alpha value is -0.180. The number of alkyl halides is 3. The van der Waals surface area contributed by atoms with Crippen molar-refractivity contribution in [3.8, 4) is 0 Å². The summed E-state index contributed by atoms with van der Waals surface area (Å²) < 4.78 is 34.7. The lowest BCUT2D eigenvalue weighted by Gasteiger charge is -2.05. The summed E-state index contributed by atoms with van der Waals surface area (Å²) in [6.45, 7) is 6.16. The van der Waals surface area contributed by atoms with Gasteiger partial charge in [0, 0.05) is 10.6 Å². The van der Waals surface area contributed by atoms with Crippen molar-refractivity contribution in [2.75, 3.05) is 0 Å². The Labute approximate surface area is 70.0 Å². The zero-order chi connectivity index (χ0) is 9.65. The van der Waals surface area contributed by atoms with E-state index < -0.39 is 11.7 Å². The molecule has 0 aromatic heterocycles. The van der Waals surface area contributed by atoms with Crippen molar-refractivity contribution in [3.63, 3.8) is 0 Å². The van der Waals surface area contributed by atoms with Crippen molar-refractivity contribution in [1.29, 1.82) is 0 Å². The number of halogens is 4. The molecule has 0 atom stereocenters. The molecule has 11 heavy (non-hydrogen) atoms. The van der Waals surface area contributed by atoms with E-state index in [0.717, 1.165) is 6.92 Å². The van der Waals surface area contributed by atoms with E-state index >= 15 is 0 Å². The molecule has 0 unspecified atom stereocenters. The third-order valence-corrected chi connectivity index (χ3v) is 1.23. The second-order valence-corrected chi connectivity index (χ2v) is 2.22. The molecule has 0 N–H and O–H groups in total. The Kier molecular flexibility index (Phi) is 6.67. The maximum atomic E-state index is 11.6. The van der Waals surface area contributed by atoms with Gasteiger partial charge in [0.1, 0.15) is 0 Å². The van der Waals surface area contributed by atoms with Crippen LogP contribution in [0.3, 0.4) is 0 Å². The number of hydrogen-bond donors (Lipinski definition) is 0. The molecule has 0 bridgehead atoms. The smallest absolute Gasteiger partial charge is 0.166 e. The van der Waals surface area contributed by atoms with Crippen molar-refractivity contribution >= 4 is 11.6 Å². The maximum absolute atomic E-state index is 11.6. The van der Waals surface area contributed by atoms with Gasteiger partial charge in [-0.25, -0.2) is 0 Å². The van der Waals surface area contributed by atoms with E-state index in [0.29, 0.717) is 0 Å². The van der Waals surface area contributed by atoms with Gasteiger partial charge in [0.25, 0.3) is 0 Å². The first-order chi connectivity index (χ1) is 4.85. The molecule has 0 aliphatic carbocycles. The quantitative estimate of drug-likeness (QED) is 0.537. The standard InChI is InChI=1S/C5H6ClF3.C2H6/c1-3(4(2)6)5(7,8)9;1-2/h1-2H3;1-2H3/b4-3+;. The van der Waals surface area contributed by atoms with Gasteiger partial charge in [-0.1, -0.05) is 25.4 Å². The summed E-state index contributed by atoms with van der Waals surface area (Å²) in [7, 11) is 0. The van der Waals surface area contributed by atoms with E-state index in [1.807, 2.05) is 13.8 Å². The normalized spacial score (nSPS) is 13.1. The third-order valence-electron chi connectivity index (χ3n) is 0.942. The molecule has 0 amide bonds. The zero-order valence-corrected chi connectivity index (χ0v) is 7.77. The molecule has 0 heterocycles. The minimum Gasteiger partial charge on any atom is -0.166 e. The highest BCUT2D eigenvalue weighted by Gasteiger charge is 2.31. The molecule has 4 heteroatoms. The van der Waals surface area contributed by atoms with Gasteiger partial charge in [-0.15, -0.1) is 0 Å². The van der Waals surface area contributed by atoms with E-state index in [2.05, 4.69) is 0 Å². The molecule has 0 fully saturated rings. The van der Waals surface area contributed by atoms with E-state index in [1.165, 1.54) is 6.92 Å². The molecule has 0 radical (unpaired) electrons. The SMILES string of the molecule is C/C(Cl)=C(/C)C(F)(F)F.CC. The van der Waals surface area contributed by atoms with E-state index in [9.17, 15) is 13.2 Å². The van der Waals surface area contributed by atoms with Crippen molar-refractivity contribution in [1.82, 2.24) is 0 Å². The van der Waals surface area contributed by atoms with Crippen LogP contribution >= 0.6 is 11.6 Å². The molecular weight excluding hydrogens is 177 g/mol. The molecule has 0 aliphatic heterocycles. The van der Waals surface area contributed by atoms with Crippen LogP contribution < -0.4 is 0 Å². The second kappa shape index (κ2) is 5.47. The fourth-order valence-electron chi connectivity index (χ4n) is 0.195. The number of allylic oxidation sites excluding steroid dienone is 2. The molecule has 0 rings (SSSR count). The largest absolute Gasteiger partial charge is 0.413 e. The van der Waals surface area contributed by atoms with E-state index in [1.54, 1.807) is 0 Å². The van der Waals surface area contributed by atoms with E-state index in [4.69, 9.17) is 11.6 Å². The lowest BCUT2D eigenvalue weighted by molar-refractivity contribution is -0.0917. The highest BCUT2D eigenvalue weighted by Crippen LogP contribution is 2.28. The van der Waals surface area contributed by atoms with Crippen LogP contribution in [0.1, 0.15) is 27.7 Å². The van der Waals surface area contributed by atoms with Crippen molar-refractivity contribution in [2.24, 2.45) is 0 Å². The summed E-state index contributed by atoms with van der Waals surface area (Å²) in [6.07, 6.45) is -4.27. The minimum absolute atomic E-state index is 0.206. The van der Waals surface area contributed by atoms with Crippen LogP contribution in [0.4, 0.5) is 13.2 Å². The predicted molar refractivity (Wildman–Crippen MR) is 41.6 cm³/mol. The van der Waals surface area contributed by atoms with Crippen molar-refractivity contribution in [3.05, 3.63) is 10.6 Å². The van der Waals surface area contributed by atoms with E-state index in [-0.39, 0.29) is 5.03 Å². The molecule has 0 saturated carbocycles. The fourth-order valence-corrected chi connectivity index (χ4v) is 0.302. The fraction of sp³-hybridized carbons (Fsp3) is 0.714. The molecule has 0 aromatic carbocycles. The van der Waals surface area contributed by atoms with Crippen LogP contribution in [0.5, 0.6) is 0 Å². The average Bonchev–Trinajstić information content (AvgIpc) is 1.89. The summed E-state index contributed by atoms with van der Waals surface area (Å²) in [5, 5.41) is -0.206.